The summed E-state index contributed by atoms with van der Waals surface area (Å²) in [6, 6.07) is 31.5. The lowest BCUT2D eigenvalue weighted by Gasteiger charge is -1.97. The van der Waals surface area contributed by atoms with E-state index >= 15 is 0 Å². The highest BCUT2D eigenvalue weighted by Gasteiger charge is 2.16. The molecule has 0 aromatic heterocycles. The Morgan fingerprint density at radius 1 is 0.308 bits per heavy atom. The summed E-state index contributed by atoms with van der Waals surface area (Å²) < 4.78 is 0. The molecule has 0 amide bonds. The van der Waals surface area contributed by atoms with Crippen LogP contribution < -0.4 is 0 Å². The monoisotopic (exact) mass is 326 g/mol. The van der Waals surface area contributed by atoms with Crippen molar-refractivity contribution in [3.05, 3.63) is 84.9 Å². The molecule has 7 aromatic carbocycles. The standard InChI is InChI=1S/C26H14/c1-5-15-6-2-10-18-22-14-24-20-12-4-8-16-7-3-11-19(26(16)20)23(24)13-21(22)17(9-1)25(15)18/h1-14H. The van der Waals surface area contributed by atoms with Gasteiger partial charge in [0.15, 0.2) is 0 Å². The van der Waals surface area contributed by atoms with E-state index in [1.165, 1.54) is 64.6 Å². The molecule has 0 nitrogen and oxygen atoms in total. The van der Waals surface area contributed by atoms with E-state index in [1.807, 2.05) is 0 Å². The van der Waals surface area contributed by atoms with Crippen LogP contribution in [0.15, 0.2) is 84.9 Å². The summed E-state index contributed by atoms with van der Waals surface area (Å²) in [6.45, 7) is 0. The second-order valence-corrected chi connectivity index (χ2v) is 7.36. The molecular formula is C26H14. The third-order valence-corrected chi connectivity index (χ3v) is 6.13. The fourth-order valence-electron chi connectivity index (χ4n) is 5.07. The Balaban J connectivity index is 1.85. The van der Waals surface area contributed by atoms with Crippen molar-refractivity contribution in [2.75, 3.05) is 0 Å². The van der Waals surface area contributed by atoms with Gasteiger partial charge in [-0.15, -0.1) is 0 Å². The Hall–Kier alpha value is -3.38. The van der Waals surface area contributed by atoms with Gasteiger partial charge in [0.2, 0.25) is 0 Å². The van der Waals surface area contributed by atoms with Crippen LogP contribution in [0.4, 0.5) is 0 Å². The molecular weight excluding hydrogens is 312 g/mol. The number of benzene rings is 5. The second-order valence-electron chi connectivity index (χ2n) is 7.36. The zero-order chi connectivity index (χ0) is 16.8. The zero-order valence-electron chi connectivity index (χ0n) is 14.1. The molecule has 0 aliphatic carbocycles. The van der Waals surface area contributed by atoms with Gasteiger partial charge in [-0.1, -0.05) is 72.8 Å². The summed E-state index contributed by atoms with van der Waals surface area (Å²) in [6.07, 6.45) is 0. The van der Waals surface area contributed by atoms with Crippen LogP contribution in [0.25, 0.3) is 64.6 Å². The van der Waals surface area contributed by atoms with E-state index in [2.05, 4.69) is 84.9 Å². The molecule has 26 heavy (non-hydrogen) atoms. The predicted molar refractivity (Wildman–Crippen MR) is 114 cm³/mol. The first-order valence-electron chi connectivity index (χ1n) is 9.13. The minimum Gasteiger partial charge on any atom is -0.0610 e. The fourth-order valence-corrected chi connectivity index (χ4v) is 5.07. The van der Waals surface area contributed by atoms with Crippen LogP contribution in [0, 0.1) is 0 Å². The summed E-state index contributed by atoms with van der Waals surface area (Å²) in [5, 5.41) is 16.5. The van der Waals surface area contributed by atoms with E-state index in [0.29, 0.717) is 0 Å². The van der Waals surface area contributed by atoms with Gasteiger partial charge >= 0.3 is 0 Å². The zero-order valence-corrected chi connectivity index (χ0v) is 14.1. The lowest BCUT2D eigenvalue weighted by Crippen LogP contribution is -1.70. The minimum atomic E-state index is 1.33. The molecule has 0 N–H and O–H groups in total. The molecule has 0 unspecified atom stereocenters. The molecule has 0 atom stereocenters. The van der Waals surface area contributed by atoms with Gasteiger partial charge in [0, 0.05) is 0 Å². The van der Waals surface area contributed by atoms with Crippen molar-refractivity contribution in [1.82, 2.24) is 0 Å². The minimum absolute atomic E-state index is 1.33. The van der Waals surface area contributed by atoms with E-state index in [1.54, 1.807) is 0 Å². The van der Waals surface area contributed by atoms with Crippen LogP contribution in [-0.4, -0.2) is 0 Å². The average molecular weight is 326 g/mol. The molecule has 0 bridgehead atoms. The van der Waals surface area contributed by atoms with E-state index < -0.39 is 0 Å². The van der Waals surface area contributed by atoms with Gasteiger partial charge in [-0.25, -0.2) is 0 Å². The lowest BCUT2D eigenvalue weighted by molar-refractivity contribution is 1.84. The highest BCUT2D eigenvalue weighted by Crippen LogP contribution is 2.44. The van der Waals surface area contributed by atoms with Gasteiger partial charge in [0.25, 0.3) is 0 Å². The van der Waals surface area contributed by atoms with Crippen molar-refractivity contribution >= 4 is 64.6 Å². The van der Waals surface area contributed by atoms with Gasteiger partial charge in [-0.05, 0) is 76.8 Å². The molecule has 118 valence electrons. The molecule has 0 saturated carbocycles. The Bertz CT molecular complexity index is 1380. The number of hydrogen-bond acceptors (Lipinski definition) is 0. The van der Waals surface area contributed by atoms with E-state index in [0.717, 1.165) is 0 Å². The van der Waals surface area contributed by atoms with Crippen molar-refractivity contribution in [1.29, 1.82) is 0 Å². The first-order valence-corrected chi connectivity index (χ1v) is 9.13. The van der Waals surface area contributed by atoms with Gasteiger partial charge in [-0.3, -0.25) is 0 Å². The number of rotatable bonds is 0. The highest BCUT2D eigenvalue weighted by atomic mass is 14.2. The van der Waals surface area contributed by atoms with Crippen molar-refractivity contribution in [3.8, 4) is 0 Å². The molecule has 0 fully saturated rings. The average Bonchev–Trinajstić information content (AvgIpc) is 3.18. The van der Waals surface area contributed by atoms with E-state index in [9.17, 15) is 0 Å². The Kier molecular flexibility index (Phi) is 2.10. The maximum absolute atomic E-state index is 2.42. The topological polar surface area (TPSA) is 0 Å². The van der Waals surface area contributed by atoms with Gasteiger partial charge < -0.3 is 0 Å². The molecule has 0 heteroatoms. The number of fused-ring (bicyclic) bond motifs is 6. The largest absolute Gasteiger partial charge is 0.0610 e. The maximum atomic E-state index is 2.42. The fraction of sp³-hybridized carbons (Fsp3) is 0. The third kappa shape index (κ3) is 1.35. The first kappa shape index (κ1) is 12.9. The normalized spacial score (nSPS) is 12.6. The van der Waals surface area contributed by atoms with Crippen LogP contribution in [0.1, 0.15) is 0 Å². The predicted octanol–water partition coefficient (Wildman–Crippen LogP) is 7.48. The molecule has 7 aromatic rings. The van der Waals surface area contributed by atoms with Crippen molar-refractivity contribution in [3.63, 3.8) is 0 Å². The summed E-state index contributed by atoms with van der Waals surface area (Å²) in [4.78, 5) is 0. The van der Waals surface area contributed by atoms with Crippen molar-refractivity contribution in [2.24, 2.45) is 0 Å². The summed E-state index contributed by atoms with van der Waals surface area (Å²) >= 11 is 0. The Morgan fingerprint density at radius 2 is 0.615 bits per heavy atom. The summed E-state index contributed by atoms with van der Waals surface area (Å²) in [5.41, 5.74) is 0. The molecule has 0 aliphatic rings. The Morgan fingerprint density at radius 3 is 0.923 bits per heavy atom. The Labute approximate surface area is 149 Å². The molecule has 0 aliphatic heterocycles. The lowest BCUT2D eigenvalue weighted by atomic mass is 10.1. The van der Waals surface area contributed by atoms with Crippen molar-refractivity contribution in [2.45, 2.75) is 0 Å². The molecule has 0 radical (unpaired) electrons. The van der Waals surface area contributed by atoms with Crippen LogP contribution in [0.3, 0.4) is 0 Å². The first-order chi connectivity index (χ1) is 12.9. The van der Waals surface area contributed by atoms with E-state index in [4.69, 9.17) is 0 Å². The second kappa shape index (κ2) is 4.23. The number of hydrogen-bond donors (Lipinski definition) is 0. The van der Waals surface area contributed by atoms with Crippen LogP contribution in [0.5, 0.6) is 0 Å². The molecule has 0 heterocycles. The summed E-state index contributed by atoms with van der Waals surface area (Å²) in [5.74, 6) is 0. The SMILES string of the molecule is c1cc2cccc3c4cc5c(cc4c(c1)c23)c1cccc2cccc5c21. The van der Waals surface area contributed by atoms with Gasteiger partial charge in [0.1, 0.15) is 0 Å². The smallest absolute Gasteiger partial charge is 0.00264 e. The summed E-state index contributed by atoms with van der Waals surface area (Å²) in [7, 11) is 0. The maximum Gasteiger partial charge on any atom is -0.00264 e. The van der Waals surface area contributed by atoms with Crippen LogP contribution >= 0.6 is 0 Å². The highest BCUT2D eigenvalue weighted by molar-refractivity contribution is 6.37. The van der Waals surface area contributed by atoms with Crippen LogP contribution in [-0.2, 0) is 0 Å². The van der Waals surface area contributed by atoms with Gasteiger partial charge in [-0.2, -0.15) is 0 Å². The van der Waals surface area contributed by atoms with E-state index in [-0.39, 0.29) is 0 Å². The van der Waals surface area contributed by atoms with Gasteiger partial charge in [0.05, 0.1) is 0 Å². The molecule has 0 saturated heterocycles. The molecule has 0 spiro atoms. The quantitative estimate of drug-likeness (QED) is 0.271. The molecule has 7 rings (SSSR count). The van der Waals surface area contributed by atoms with Crippen molar-refractivity contribution < 1.29 is 0 Å². The third-order valence-electron chi connectivity index (χ3n) is 6.13. The van der Waals surface area contributed by atoms with Crippen LogP contribution in [0.2, 0.25) is 0 Å².